The van der Waals surface area contributed by atoms with Gasteiger partial charge in [-0.2, -0.15) is 0 Å². The Morgan fingerprint density at radius 3 is 2.81 bits per heavy atom. The van der Waals surface area contributed by atoms with Gasteiger partial charge in [0.05, 0.1) is 0 Å². The van der Waals surface area contributed by atoms with Crippen LogP contribution in [0.2, 0.25) is 0 Å². The minimum Gasteiger partial charge on any atom is -0.487 e. The Balaban J connectivity index is 1.99. The molecule has 0 aliphatic carbocycles. The third-order valence-electron chi connectivity index (χ3n) is 2.77. The van der Waals surface area contributed by atoms with E-state index in [1.54, 1.807) is 19.2 Å². The first kappa shape index (κ1) is 15.5. The van der Waals surface area contributed by atoms with Gasteiger partial charge in [0.25, 0.3) is 0 Å². The fraction of sp³-hybridized carbons (Fsp3) is 0.400. The topological polar surface area (TPSA) is 70.5 Å². The third-order valence-corrected chi connectivity index (χ3v) is 2.77. The Morgan fingerprint density at radius 1 is 1.29 bits per heavy atom. The SMILES string of the molecule is COCc1cc(COc2cc(F)cc(CC(C)N)c2)no1. The first-order valence-electron chi connectivity index (χ1n) is 6.68. The molecular formula is C15H19FN2O3. The number of halogens is 1. The lowest BCUT2D eigenvalue weighted by atomic mass is 10.1. The highest BCUT2D eigenvalue weighted by molar-refractivity contribution is 5.30. The summed E-state index contributed by atoms with van der Waals surface area (Å²) in [6.07, 6.45) is 0.593. The molecule has 1 atom stereocenters. The Morgan fingerprint density at radius 2 is 2.10 bits per heavy atom. The van der Waals surface area contributed by atoms with Gasteiger partial charge < -0.3 is 19.7 Å². The van der Waals surface area contributed by atoms with Crippen molar-refractivity contribution >= 4 is 0 Å². The molecule has 0 saturated heterocycles. The van der Waals surface area contributed by atoms with Crippen LogP contribution in [-0.2, 0) is 24.4 Å². The van der Waals surface area contributed by atoms with Crippen molar-refractivity contribution in [3.63, 3.8) is 0 Å². The van der Waals surface area contributed by atoms with Crippen LogP contribution >= 0.6 is 0 Å². The number of nitrogens with two attached hydrogens (primary N) is 1. The van der Waals surface area contributed by atoms with Crippen molar-refractivity contribution in [3.05, 3.63) is 47.1 Å². The van der Waals surface area contributed by atoms with Gasteiger partial charge in [-0.25, -0.2) is 4.39 Å². The van der Waals surface area contributed by atoms with Gasteiger partial charge in [-0.3, -0.25) is 0 Å². The van der Waals surface area contributed by atoms with Gasteiger partial charge in [-0.15, -0.1) is 0 Å². The molecule has 21 heavy (non-hydrogen) atoms. The van der Waals surface area contributed by atoms with Crippen LogP contribution in [0, 0.1) is 5.82 Å². The normalized spacial score (nSPS) is 12.4. The minimum absolute atomic E-state index is 0.0354. The average Bonchev–Trinajstić information content (AvgIpc) is 2.83. The highest BCUT2D eigenvalue weighted by Crippen LogP contribution is 2.19. The predicted octanol–water partition coefficient (Wildman–Crippen LogP) is 2.43. The minimum atomic E-state index is -0.344. The van der Waals surface area contributed by atoms with Gasteiger partial charge in [0.1, 0.15) is 30.5 Å². The summed E-state index contributed by atoms with van der Waals surface area (Å²) in [7, 11) is 1.57. The van der Waals surface area contributed by atoms with Crippen molar-refractivity contribution in [2.45, 2.75) is 32.6 Å². The molecule has 2 N–H and O–H groups in total. The van der Waals surface area contributed by atoms with Gasteiger partial charge in [0.2, 0.25) is 0 Å². The van der Waals surface area contributed by atoms with E-state index in [2.05, 4.69) is 5.16 Å². The molecule has 1 aromatic heterocycles. The van der Waals surface area contributed by atoms with Crippen LogP contribution in [0.4, 0.5) is 4.39 Å². The molecule has 2 rings (SSSR count). The molecule has 6 heteroatoms. The smallest absolute Gasteiger partial charge is 0.162 e. The summed E-state index contributed by atoms with van der Waals surface area (Å²) in [4.78, 5) is 0. The summed E-state index contributed by atoms with van der Waals surface area (Å²) in [6.45, 7) is 2.43. The number of hydrogen-bond donors (Lipinski definition) is 1. The molecule has 1 heterocycles. The van der Waals surface area contributed by atoms with Crippen molar-refractivity contribution in [1.82, 2.24) is 5.16 Å². The summed E-state index contributed by atoms with van der Waals surface area (Å²) >= 11 is 0. The lowest BCUT2D eigenvalue weighted by molar-refractivity contribution is 0.155. The summed E-state index contributed by atoms with van der Waals surface area (Å²) in [5.74, 6) is 0.721. The second-order valence-corrected chi connectivity index (χ2v) is 4.98. The number of hydrogen-bond acceptors (Lipinski definition) is 5. The standard InChI is InChI=1S/C15H19FN2O3/c1-10(17)3-11-4-12(16)6-14(5-11)20-8-13-7-15(9-19-2)21-18-13/h4-7,10H,3,8-9,17H2,1-2H3. The summed E-state index contributed by atoms with van der Waals surface area (Å²) in [6, 6.07) is 6.28. The monoisotopic (exact) mass is 294 g/mol. The van der Waals surface area contributed by atoms with Gasteiger partial charge in [0, 0.05) is 25.3 Å². The van der Waals surface area contributed by atoms with Crippen molar-refractivity contribution in [2.24, 2.45) is 5.73 Å². The van der Waals surface area contributed by atoms with Gasteiger partial charge >= 0.3 is 0 Å². The van der Waals surface area contributed by atoms with Gasteiger partial charge in [-0.05, 0) is 31.0 Å². The lowest BCUT2D eigenvalue weighted by Crippen LogP contribution is -2.17. The highest BCUT2D eigenvalue weighted by Gasteiger charge is 2.07. The van der Waals surface area contributed by atoms with Crippen molar-refractivity contribution in [2.75, 3.05) is 7.11 Å². The zero-order valence-corrected chi connectivity index (χ0v) is 12.1. The number of rotatable bonds is 7. The Bertz CT molecular complexity index is 584. The predicted molar refractivity (Wildman–Crippen MR) is 75.3 cm³/mol. The summed E-state index contributed by atoms with van der Waals surface area (Å²) < 4.78 is 29.1. The molecule has 0 saturated carbocycles. The third kappa shape index (κ3) is 4.84. The second-order valence-electron chi connectivity index (χ2n) is 4.98. The van der Waals surface area contributed by atoms with Gasteiger partial charge in [-0.1, -0.05) is 5.16 Å². The molecule has 114 valence electrons. The molecule has 0 bridgehead atoms. The maximum absolute atomic E-state index is 13.5. The molecule has 0 amide bonds. The largest absolute Gasteiger partial charge is 0.487 e. The van der Waals surface area contributed by atoms with Crippen molar-refractivity contribution in [3.8, 4) is 5.75 Å². The van der Waals surface area contributed by atoms with E-state index < -0.39 is 0 Å². The van der Waals surface area contributed by atoms with Crippen LogP contribution in [0.25, 0.3) is 0 Å². The number of benzene rings is 1. The molecule has 0 aliphatic rings. The quantitative estimate of drug-likeness (QED) is 0.849. The molecule has 0 fully saturated rings. The van der Waals surface area contributed by atoms with E-state index >= 15 is 0 Å². The highest BCUT2D eigenvalue weighted by atomic mass is 19.1. The van der Waals surface area contributed by atoms with Crippen LogP contribution in [0.1, 0.15) is 23.9 Å². The van der Waals surface area contributed by atoms with Crippen LogP contribution in [0.5, 0.6) is 5.75 Å². The zero-order valence-electron chi connectivity index (χ0n) is 12.1. The molecule has 0 spiro atoms. The first-order chi connectivity index (χ1) is 10.1. The van der Waals surface area contributed by atoms with Crippen molar-refractivity contribution < 1.29 is 18.4 Å². The summed E-state index contributed by atoms with van der Waals surface area (Å²) in [5, 5.41) is 3.85. The summed E-state index contributed by atoms with van der Waals surface area (Å²) in [5.41, 5.74) is 7.15. The maximum atomic E-state index is 13.5. The molecule has 5 nitrogen and oxygen atoms in total. The van der Waals surface area contributed by atoms with E-state index in [0.29, 0.717) is 30.2 Å². The van der Waals surface area contributed by atoms with Crippen LogP contribution in [0.15, 0.2) is 28.8 Å². The Hall–Kier alpha value is -1.92. The Kier molecular flexibility index (Phi) is 5.30. The van der Waals surface area contributed by atoms with E-state index in [-0.39, 0.29) is 18.5 Å². The number of nitrogens with zero attached hydrogens (tertiary/aromatic N) is 1. The molecule has 1 aromatic carbocycles. The number of methoxy groups -OCH3 is 1. The maximum Gasteiger partial charge on any atom is 0.162 e. The Labute approximate surface area is 122 Å². The van der Waals surface area contributed by atoms with Crippen LogP contribution in [-0.4, -0.2) is 18.3 Å². The second kappa shape index (κ2) is 7.19. The van der Waals surface area contributed by atoms with E-state index in [4.69, 9.17) is 19.7 Å². The van der Waals surface area contributed by atoms with E-state index in [9.17, 15) is 4.39 Å². The number of aromatic nitrogens is 1. The number of ether oxygens (including phenoxy) is 2. The molecule has 0 aliphatic heterocycles. The van der Waals surface area contributed by atoms with Crippen LogP contribution < -0.4 is 10.5 Å². The molecule has 1 unspecified atom stereocenters. The van der Waals surface area contributed by atoms with E-state index in [1.807, 2.05) is 6.92 Å². The van der Waals surface area contributed by atoms with Crippen molar-refractivity contribution in [1.29, 1.82) is 0 Å². The van der Waals surface area contributed by atoms with Crippen LogP contribution in [0.3, 0.4) is 0 Å². The van der Waals surface area contributed by atoms with E-state index in [0.717, 1.165) is 5.56 Å². The van der Waals surface area contributed by atoms with Gasteiger partial charge in [0.15, 0.2) is 5.76 Å². The van der Waals surface area contributed by atoms with E-state index in [1.165, 1.54) is 12.1 Å². The molecule has 0 radical (unpaired) electrons. The molecular weight excluding hydrogens is 275 g/mol. The fourth-order valence-electron chi connectivity index (χ4n) is 1.99. The fourth-order valence-corrected chi connectivity index (χ4v) is 1.99. The molecule has 2 aromatic rings. The first-order valence-corrected chi connectivity index (χ1v) is 6.68. The zero-order chi connectivity index (χ0) is 15.2. The average molecular weight is 294 g/mol. The lowest BCUT2D eigenvalue weighted by Gasteiger charge is -2.09.